The number of hydrogen-bond donors (Lipinski definition) is 0. The van der Waals surface area contributed by atoms with Gasteiger partial charge in [-0.3, -0.25) is 0 Å². The summed E-state index contributed by atoms with van der Waals surface area (Å²) in [7, 11) is 0. The van der Waals surface area contributed by atoms with Crippen molar-refractivity contribution in [2.24, 2.45) is 0 Å². The van der Waals surface area contributed by atoms with Gasteiger partial charge in [-0.15, -0.1) is 0 Å². The zero-order valence-electron chi connectivity index (χ0n) is 32.8. The maximum absolute atomic E-state index is 6.26. The second kappa shape index (κ2) is 13.8. The maximum Gasteiger partial charge on any atom is 0.138 e. The van der Waals surface area contributed by atoms with Crippen molar-refractivity contribution in [1.82, 2.24) is 0 Å². The first kappa shape index (κ1) is 34.9. The Kier molecular flexibility index (Phi) is 8.01. The molecule has 9 aromatic rings. The highest BCUT2D eigenvalue weighted by molar-refractivity contribution is 7.99. The van der Waals surface area contributed by atoms with Crippen LogP contribution in [0.15, 0.2) is 229 Å². The molecule has 1 heterocycles. The molecule has 2 nitrogen and oxygen atoms in total. The molecule has 0 radical (unpaired) electrons. The van der Waals surface area contributed by atoms with E-state index in [1.807, 2.05) is 0 Å². The van der Waals surface area contributed by atoms with E-state index < -0.39 is 10.8 Å². The Morgan fingerprint density at radius 2 is 0.850 bits per heavy atom. The summed E-state index contributed by atoms with van der Waals surface area (Å²) in [4.78, 5) is 3.66. The lowest BCUT2D eigenvalue weighted by Gasteiger charge is -2.35. The lowest BCUT2D eigenvalue weighted by molar-refractivity contribution is 0.398. The monoisotopic (exact) mass is 785 g/mol. The lowest BCUT2D eigenvalue weighted by Crippen LogP contribution is -2.29. The van der Waals surface area contributed by atoms with Gasteiger partial charge in [0.1, 0.15) is 11.7 Å². The molecule has 2 aliphatic carbocycles. The van der Waals surface area contributed by atoms with Crippen LogP contribution in [0.1, 0.15) is 44.5 Å². The van der Waals surface area contributed by atoms with Crippen molar-refractivity contribution < 1.29 is 4.74 Å². The molecule has 3 heteroatoms. The highest BCUT2D eigenvalue weighted by Crippen LogP contribution is 2.61. The molecule has 0 bridgehead atoms. The zero-order valence-corrected chi connectivity index (χ0v) is 33.6. The first-order chi connectivity index (χ1) is 29.8. The topological polar surface area (TPSA) is 12.5 Å². The molecule has 0 atom stereocenters. The first-order valence-electron chi connectivity index (χ1n) is 20.7. The molecule has 0 fully saturated rings. The number of anilines is 3. The van der Waals surface area contributed by atoms with Gasteiger partial charge in [0.05, 0.1) is 21.4 Å². The van der Waals surface area contributed by atoms with Gasteiger partial charge < -0.3 is 9.64 Å². The predicted octanol–water partition coefficient (Wildman–Crippen LogP) is 14.3. The zero-order chi connectivity index (χ0) is 39.7. The largest absolute Gasteiger partial charge is 0.481 e. The van der Waals surface area contributed by atoms with Gasteiger partial charge in [-0.1, -0.05) is 200 Å². The quantitative estimate of drug-likeness (QED) is 0.160. The summed E-state index contributed by atoms with van der Waals surface area (Å²) in [6.45, 7) is 0. The van der Waals surface area contributed by atoms with Crippen LogP contribution in [0.25, 0.3) is 22.3 Å². The van der Waals surface area contributed by atoms with E-state index in [0.29, 0.717) is 5.94 Å². The fourth-order valence-electron chi connectivity index (χ4n) is 10.7. The third-order valence-electron chi connectivity index (χ3n) is 13.0. The van der Waals surface area contributed by atoms with Crippen molar-refractivity contribution in [3.63, 3.8) is 0 Å². The fourth-order valence-corrected chi connectivity index (χ4v) is 11.4. The molecule has 0 saturated carbocycles. The highest BCUT2D eigenvalue weighted by atomic mass is 32.2. The van der Waals surface area contributed by atoms with Crippen LogP contribution >= 0.6 is 11.8 Å². The van der Waals surface area contributed by atoms with Crippen LogP contribution in [0.5, 0.6) is 5.75 Å². The summed E-state index contributed by atoms with van der Waals surface area (Å²) < 4.78 is 6.26. The summed E-state index contributed by atoms with van der Waals surface area (Å²) in [6.07, 6.45) is 0. The van der Waals surface area contributed by atoms with Crippen LogP contribution in [0.3, 0.4) is 0 Å². The van der Waals surface area contributed by atoms with Gasteiger partial charge in [0.15, 0.2) is 0 Å². The van der Waals surface area contributed by atoms with Crippen LogP contribution in [-0.2, 0) is 10.8 Å². The minimum absolute atomic E-state index is 0.525. The molecule has 9 aromatic carbocycles. The summed E-state index contributed by atoms with van der Waals surface area (Å²) in [6, 6.07) is 83.1. The predicted molar refractivity (Wildman–Crippen MR) is 247 cm³/mol. The van der Waals surface area contributed by atoms with E-state index in [1.165, 1.54) is 71.7 Å². The average Bonchev–Trinajstić information content (AvgIpc) is 4.01. The van der Waals surface area contributed by atoms with Crippen molar-refractivity contribution in [1.29, 1.82) is 0 Å². The Hall–Kier alpha value is -7.07. The van der Waals surface area contributed by atoms with E-state index in [2.05, 4.69) is 229 Å². The second-order valence-corrected chi connectivity index (χ2v) is 16.8. The number of benzene rings is 9. The summed E-state index contributed by atoms with van der Waals surface area (Å²) in [5.41, 5.74) is 17.3. The van der Waals surface area contributed by atoms with Crippen LogP contribution < -0.4 is 9.64 Å². The molecule has 1 aliphatic heterocycles. The molecule has 0 aromatic heterocycles. The Labute approximate surface area is 355 Å². The minimum Gasteiger partial charge on any atom is -0.481 e. The summed E-state index contributed by atoms with van der Waals surface area (Å²) in [5, 5.41) is 0. The van der Waals surface area contributed by atoms with Crippen molar-refractivity contribution >= 4 is 28.8 Å². The van der Waals surface area contributed by atoms with Crippen LogP contribution in [0, 0.1) is 0 Å². The molecule has 0 N–H and O–H groups in total. The second-order valence-electron chi connectivity index (χ2n) is 15.9. The Bertz CT molecular complexity index is 2990. The number of rotatable bonds is 7. The standard InChI is InChI=1S/C57H39NOS/c1-5-18-39(19-6-1)56(40-20-7-2-8-21-40)49-29-16-14-27-47(49)55-50(56)30-17-31-52(55)58(44-33-35-54-53(37-44)59-38-60-54)43-32-34-46-45-26-13-15-28-48(45)57(51(46)36-43,41-22-9-3-10-23-41)42-24-11-4-12-25-42/h1-37H,38H2. The SMILES string of the molecule is c1ccc(C2(c3ccccc3)c3ccccc3-c3ccc(N(c4ccc5c(c4)OCS5)c4cccc5c4-c4ccccc4C5(c4ccccc4)c4ccccc4)cc32)cc1. The summed E-state index contributed by atoms with van der Waals surface area (Å²) >= 11 is 1.75. The smallest absolute Gasteiger partial charge is 0.138 e. The van der Waals surface area contributed by atoms with Crippen molar-refractivity contribution in [2.75, 3.05) is 10.8 Å². The first-order valence-corrected chi connectivity index (χ1v) is 21.7. The molecule has 0 amide bonds. The van der Waals surface area contributed by atoms with Gasteiger partial charge in [0, 0.05) is 23.0 Å². The molecular weight excluding hydrogens is 747 g/mol. The third kappa shape index (κ3) is 4.90. The number of hydrogen-bond acceptors (Lipinski definition) is 3. The van der Waals surface area contributed by atoms with Crippen LogP contribution in [0.2, 0.25) is 0 Å². The van der Waals surface area contributed by atoms with Gasteiger partial charge in [0.2, 0.25) is 0 Å². The Morgan fingerprint density at radius 1 is 0.383 bits per heavy atom. The molecule has 0 spiro atoms. The van der Waals surface area contributed by atoms with Crippen molar-refractivity contribution in [3.05, 3.63) is 269 Å². The molecule has 12 rings (SSSR count). The van der Waals surface area contributed by atoms with Gasteiger partial charge in [-0.05, 0) is 91.5 Å². The molecule has 3 aliphatic rings. The van der Waals surface area contributed by atoms with E-state index in [0.717, 1.165) is 22.8 Å². The van der Waals surface area contributed by atoms with Gasteiger partial charge >= 0.3 is 0 Å². The maximum atomic E-state index is 6.26. The minimum atomic E-state index is -0.533. The van der Waals surface area contributed by atoms with Crippen LogP contribution in [0.4, 0.5) is 17.1 Å². The van der Waals surface area contributed by atoms with Crippen LogP contribution in [-0.4, -0.2) is 5.94 Å². The lowest BCUT2D eigenvalue weighted by atomic mass is 9.67. The number of thioether (sulfide) groups is 1. The number of fused-ring (bicyclic) bond motifs is 7. The average molecular weight is 786 g/mol. The van der Waals surface area contributed by atoms with E-state index >= 15 is 0 Å². The third-order valence-corrected chi connectivity index (χ3v) is 13.9. The van der Waals surface area contributed by atoms with E-state index in [4.69, 9.17) is 4.74 Å². The van der Waals surface area contributed by atoms with E-state index in [-0.39, 0.29) is 0 Å². The number of ether oxygens (including phenoxy) is 1. The molecule has 284 valence electrons. The van der Waals surface area contributed by atoms with Gasteiger partial charge in [0.25, 0.3) is 0 Å². The number of nitrogens with zero attached hydrogens (tertiary/aromatic N) is 1. The van der Waals surface area contributed by atoms with Crippen molar-refractivity contribution in [3.8, 4) is 28.0 Å². The molecule has 60 heavy (non-hydrogen) atoms. The normalized spacial score (nSPS) is 14.6. The highest BCUT2D eigenvalue weighted by Gasteiger charge is 2.49. The van der Waals surface area contributed by atoms with E-state index in [9.17, 15) is 0 Å². The van der Waals surface area contributed by atoms with Gasteiger partial charge in [-0.25, -0.2) is 0 Å². The molecule has 0 unspecified atom stereocenters. The van der Waals surface area contributed by atoms with E-state index in [1.54, 1.807) is 11.8 Å². The molecular formula is C57H39NOS. The van der Waals surface area contributed by atoms with Gasteiger partial charge in [-0.2, -0.15) is 0 Å². The summed E-state index contributed by atoms with van der Waals surface area (Å²) in [5.74, 6) is 1.55. The molecule has 0 saturated heterocycles. The van der Waals surface area contributed by atoms with Crippen molar-refractivity contribution in [2.45, 2.75) is 15.7 Å². The Morgan fingerprint density at radius 3 is 1.47 bits per heavy atom. The fraction of sp³-hybridized carbons (Fsp3) is 0.0526. The Balaban J connectivity index is 1.17.